The van der Waals surface area contributed by atoms with Crippen molar-refractivity contribution in [3.8, 4) is 0 Å². The molecule has 0 aliphatic carbocycles. The van der Waals surface area contributed by atoms with Crippen LogP contribution in [0.5, 0.6) is 0 Å². The number of hydrogen-bond acceptors (Lipinski definition) is 2. The lowest BCUT2D eigenvalue weighted by atomic mass is 10.0. The fourth-order valence-corrected chi connectivity index (χ4v) is 2.20. The van der Waals surface area contributed by atoms with Crippen LogP contribution >= 0.6 is 0 Å². The number of benzene rings is 1. The van der Waals surface area contributed by atoms with Crippen LogP contribution in [-0.2, 0) is 16.0 Å². The van der Waals surface area contributed by atoms with Crippen molar-refractivity contribution in [2.45, 2.75) is 25.6 Å². The monoisotopic (exact) mass is 203 g/mol. The summed E-state index contributed by atoms with van der Waals surface area (Å²) in [6.45, 7) is 2.06. The standard InChI is InChI=1S/C12H13NO2/c1-7-12(15-7)8-3-4-10-9(5-8)6-11(14)13(10)2/h3-5,7,12H,6H2,1-2H3. The van der Waals surface area contributed by atoms with Gasteiger partial charge in [-0.3, -0.25) is 4.79 Å². The Morgan fingerprint density at radius 3 is 2.87 bits per heavy atom. The molecule has 2 heterocycles. The third-order valence-electron chi connectivity index (χ3n) is 3.22. The molecule has 3 nitrogen and oxygen atoms in total. The molecule has 0 N–H and O–H groups in total. The van der Waals surface area contributed by atoms with Gasteiger partial charge in [-0.2, -0.15) is 0 Å². The lowest BCUT2D eigenvalue weighted by molar-refractivity contribution is -0.117. The van der Waals surface area contributed by atoms with E-state index >= 15 is 0 Å². The van der Waals surface area contributed by atoms with Gasteiger partial charge in [0.2, 0.25) is 5.91 Å². The number of carbonyl (C=O) groups is 1. The number of fused-ring (bicyclic) bond motifs is 1. The minimum Gasteiger partial charge on any atom is -0.365 e. The summed E-state index contributed by atoms with van der Waals surface area (Å²) in [5.41, 5.74) is 3.36. The number of amides is 1. The highest BCUT2D eigenvalue weighted by Crippen LogP contribution is 2.40. The van der Waals surface area contributed by atoms with E-state index in [4.69, 9.17) is 4.74 Å². The maximum atomic E-state index is 11.5. The fourth-order valence-electron chi connectivity index (χ4n) is 2.20. The first kappa shape index (κ1) is 8.92. The summed E-state index contributed by atoms with van der Waals surface area (Å²) in [5, 5.41) is 0. The molecule has 0 spiro atoms. The molecule has 1 aromatic carbocycles. The Bertz CT molecular complexity index is 441. The Hall–Kier alpha value is -1.35. The van der Waals surface area contributed by atoms with E-state index in [2.05, 4.69) is 19.1 Å². The van der Waals surface area contributed by atoms with E-state index in [1.54, 1.807) is 4.90 Å². The smallest absolute Gasteiger partial charge is 0.231 e. The van der Waals surface area contributed by atoms with Crippen LogP contribution in [0.25, 0.3) is 0 Å². The van der Waals surface area contributed by atoms with E-state index in [9.17, 15) is 4.79 Å². The summed E-state index contributed by atoms with van der Waals surface area (Å²) in [7, 11) is 1.82. The summed E-state index contributed by atoms with van der Waals surface area (Å²) < 4.78 is 5.42. The number of carbonyl (C=O) groups excluding carboxylic acids is 1. The molecule has 0 radical (unpaired) electrons. The molecule has 0 aromatic heterocycles. The zero-order valence-corrected chi connectivity index (χ0v) is 8.86. The second-order valence-corrected chi connectivity index (χ2v) is 4.28. The first-order valence-electron chi connectivity index (χ1n) is 5.21. The molecule has 0 saturated carbocycles. The van der Waals surface area contributed by atoms with Crippen LogP contribution in [0.2, 0.25) is 0 Å². The van der Waals surface area contributed by atoms with E-state index in [1.807, 2.05) is 13.1 Å². The summed E-state index contributed by atoms with van der Waals surface area (Å²) in [4.78, 5) is 13.2. The van der Waals surface area contributed by atoms with Crippen LogP contribution < -0.4 is 4.90 Å². The molecule has 1 saturated heterocycles. The number of nitrogens with zero attached hydrogens (tertiary/aromatic N) is 1. The molecule has 2 unspecified atom stereocenters. The van der Waals surface area contributed by atoms with E-state index in [-0.39, 0.29) is 12.0 Å². The number of hydrogen-bond donors (Lipinski definition) is 0. The van der Waals surface area contributed by atoms with Gasteiger partial charge in [0.15, 0.2) is 0 Å². The van der Waals surface area contributed by atoms with Gasteiger partial charge in [-0.1, -0.05) is 12.1 Å². The van der Waals surface area contributed by atoms with Crippen LogP contribution in [0.15, 0.2) is 18.2 Å². The Labute approximate surface area is 88.6 Å². The maximum Gasteiger partial charge on any atom is 0.231 e. The summed E-state index contributed by atoms with van der Waals surface area (Å²) in [5.74, 6) is 0.173. The average molecular weight is 203 g/mol. The maximum absolute atomic E-state index is 11.5. The Morgan fingerprint density at radius 1 is 1.47 bits per heavy atom. The van der Waals surface area contributed by atoms with Crippen LogP contribution in [0.3, 0.4) is 0 Å². The lowest BCUT2D eigenvalue weighted by Crippen LogP contribution is -2.20. The van der Waals surface area contributed by atoms with Crippen molar-refractivity contribution in [2.75, 3.05) is 11.9 Å². The fraction of sp³-hybridized carbons (Fsp3) is 0.417. The van der Waals surface area contributed by atoms with E-state index in [0.717, 1.165) is 11.3 Å². The molecule has 2 atom stereocenters. The van der Waals surface area contributed by atoms with Crippen molar-refractivity contribution in [3.63, 3.8) is 0 Å². The van der Waals surface area contributed by atoms with Gasteiger partial charge in [-0.05, 0) is 24.1 Å². The van der Waals surface area contributed by atoms with Crippen LogP contribution in [-0.4, -0.2) is 19.1 Å². The quantitative estimate of drug-likeness (QED) is 0.650. The minimum atomic E-state index is 0.173. The second-order valence-electron chi connectivity index (χ2n) is 4.28. The second kappa shape index (κ2) is 2.83. The van der Waals surface area contributed by atoms with Crippen molar-refractivity contribution in [1.29, 1.82) is 0 Å². The third-order valence-corrected chi connectivity index (χ3v) is 3.22. The largest absolute Gasteiger partial charge is 0.365 e. The van der Waals surface area contributed by atoms with Gasteiger partial charge in [0.05, 0.1) is 12.5 Å². The van der Waals surface area contributed by atoms with Crippen molar-refractivity contribution in [1.82, 2.24) is 0 Å². The zero-order chi connectivity index (χ0) is 10.6. The first-order chi connectivity index (χ1) is 7.16. The predicted octanol–water partition coefficient (Wildman–Crippen LogP) is 1.67. The molecule has 78 valence electrons. The lowest BCUT2D eigenvalue weighted by Gasteiger charge is -2.09. The number of epoxide rings is 1. The van der Waals surface area contributed by atoms with E-state index < -0.39 is 0 Å². The molecular formula is C12H13NO2. The molecule has 15 heavy (non-hydrogen) atoms. The normalized spacial score (nSPS) is 28.1. The molecule has 3 heteroatoms. The number of ether oxygens (including phenoxy) is 1. The molecule has 1 amide bonds. The van der Waals surface area contributed by atoms with Gasteiger partial charge in [0, 0.05) is 12.7 Å². The van der Waals surface area contributed by atoms with Crippen LogP contribution in [0.4, 0.5) is 5.69 Å². The SMILES string of the molecule is CC1OC1c1ccc2c(c1)CC(=O)N2C. The minimum absolute atomic E-state index is 0.173. The molecule has 1 fully saturated rings. The Kier molecular flexibility index (Phi) is 1.68. The number of likely N-dealkylation sites (N-methyl/N-ethyl adjacent to an activating group) is 1. The van der Waals surface area contributed by atoms with Gasteiger partial charge < -0.3 is 9.64 Å². The highest BCUT2D eigenvalue weighted by molar-refractivity contribution is 6.00. The van der Waals surface area contributed by atoms with Crippen molar-refractivity contribution >= 4 is 11.6 Å². The van der Waals surface area contributed by atoms with E-state index in [0.29, 0.717) is 12.5 Å². The summed E-state index contributed by atoms with van der Waals surface area (Å²) in [6.07, 6.45) is 1.11. The van der Waals surface area contributed by atoms with Gasteiger partial charge in [-0.15, -0.1) is 0 Å². The molecule has 0 bridgehead atoms. The van der Waals surface area contributed by atoms with Gasteiger partial charge in [0.1, 0.15) is 6.10 Å². The number of anilines is 1. The molecule has 2 aliphatic rings. The average Bonchev–Trinajstić information content (AvgIpc) is 2.87. The van der Waals surface area contributed by atoms with Gasteiger partial charge >= 0.3 is 0 Å². The number of rotatable bonds is 1. The van der Waals surface area contributed by atoms with Gasteiger partial charge in [0.25, 0.3) is 0 Å². The van der Waals surface area contributed by atoms with Crippen LogP contribution in [0, 0.1) is 0 Å². The van der Waals surface area contributed by atoms with Crippen molar-refractivity contribution < 1.29 is 9.53 Å². The molecule has 2 aliphatic heterocycles. The molecule has 1 aromatic rings. The Balaban J connectivity index is 1.98. The predicted molar refractivity (Wildman–Crippen MR) is 56.8 cm³/mol. The first-order valence-corrected chi connectivity index (χ1v) is 5.21. The summed E-state index contributed by atoms with van der Waals surface area (Å²) in [6, 6.07) is 6.18. The summed E-state index contributed by atoms with van der Waals surface area (Å²) >= 11 is 0. The molecule has 3 rings (SSSR count). The highest BCUT2D eigenvalue weighted by atomic mass is 16.6. The third kappa shape index (κ3) is 1.27. The van der Waals surface area contributed by atoms with Crippen LogP contribution in [0.1, 0.15) is 24.2 Å². The highest BCUT2D eigenvalue weighted by Gasteiger charge is 2.36. The topological polar surface area (TPSA) is 32.8 Å². The van der Waals surface area contributed by atoms with E-state index in [1.165, 1.54) is 5.56 Å². The van der Waals surface area contributed by atoms with Gasteiger partial charge in [-0.25, -0.2) is 0 Å². The van der Waals surface area contributed by atoms with Crippen molar-refractivity contribution in [2.24, 2.45) is 0 Å². The zero-order valence-electron chi connectivity index (χ0n) is 8.86. The van der Waals surface area contributed by atoms with Crippen molar-refractivity contribution in [3.05, 3.63) is 29.3 Å². The molecular weight excluding hydrogens is 190 g/mol. The Morgan fingerprint density at radius 2 is 2.20 bits per heavy atom.